The van der Waals surface area contributed by atoms with E-state index in [2.05, 4.69) is 20.8 Å². The molecule has 0 saturated carbocycles. The molecule has 0 aromatic rings. The second-order valence-corrected chi connectivity index (χ2v) is 11.7. The zero-order valence-electron chi connectivity index (χ0n) is 16.0. The van der Waals surface area contributed by atoms with Crippen LogP contribution < -0.4 is 0 Å². The molecule has 0 saturated heterocycles. The normalized spacial score (nSPS) is 12.0. The predicted molar refractivity (Wildman–Crippen MR) is 96.5 cm³/mol. The lowest BCUT2D eigenvalue weighted by Gasteiger charge is -2.26. The molecule has 0 rings (SSSR count). The van der Waals surface area contributed by atoms with Crippen LogP contribution >= 0.6 is 0 Å². The summed E-state index contributed by atoms with van der Waals surface area (Å²) in [5.41, 5.74) is 0. The number of hydrogen-bond acceptors (Lipinski definition) is 5. The summed E-state index contributed by atoms with van der Waals surface area (Å²) in [6, 6.07) is 3.78. The van der Waals surface area contributed by atoms with Gasteiger partial charge in [-0.1, -0.05) is 20.8 Å². The summed E-state index contributed by atoms with van der Waals surface area (Å²) in [6.45, 7) is 16.5. The second-order valence-electron chi connectivity index (χ2n) is 4.68. The molecule has 5 nitrogen and oxygen atoms in total. The molecule has 22 heavy (non-hydrogen) atoms. The van der Waals surface area contributed by atoms with E-state index >= 15 is 0 Å². The van der Waals surface area contributed by atoms with Crippen LogP contribution in [0.25, 0.3) is 0 Å². The Kier molecular flexibility index (Phi) is 16.5. The summed E-state index contributed by atoms with van der Waals surface area (Å²) in [4.78, 5) is 0. The Hall–Kier alpha value is 0.234. The molecule has 0 spiro atoms. The van der Waals surface area contributed by atoms with Crippen LogP contribution in [0.2, 0.25) is 18.1 Å². The maximum atomic E-state index is 5.52. The molecule has 0 aromatic carbocycles. The monoisotopic (exact) mass is 354 g/mol. The van der Waals surface area contributed by atoms with Gasteiger partial charge in [0, 0.05) is 33.5 Å². The standard InChI is InChI=1S/C8H20O4Si.C7H18OSi/c1-5-9-13(10-6-2,11-7-3)12-8-4;1-5-9(6-2,7-3)8-4/h5-8H2,1-4H3;5-7H2,1-4H3. The fraction of sp³-hybridized carbons (Fsp3) is 1.00. The lowest BCUT2D eigenvalue weighted by molar-refractivity contribution is -0.0247. The molecule has 0 radical (unpaired) electrons. The van der Waals surface area contributed by atoms with Crippen molar-refractivity contribution in [3.05, 3.63) is 0 Å². The van der Waals surface area contributed by atoms with Gasteiger partial charge in [-0.05, 0) is 45.8 Å². The first-order valence-electron chi connectivity index (χ1n) is 8.59. The molecule has 0 N–H and O–H groups in total. The predicted octanol–water partition coefficient (Wildman–Crippen LogP) is 4.21. The molecular formula is C15H38O5Si2. The van der Waals surface area contributed by atoms with Gasteiger partial charge in [0.25, 0.3) is 0 Å². The van der Waals surface area contributed by atoms with E-state index in [0.717, 1.165) is 0 Å². The van der Waals surface area contributed by atoms with Crippen molar-refractivity contribution in [2.45, 2.75) is 66.6 Å². The van der Waals surface area contributed by atoms with Gasteiger partial charge < -0.3 is 22.1 Å². The fourth-order valence-electron chi connectivity index (χ4n) is 2.14. The van der Waals surface area contributed by atoms with Crippen molar-refractivity contribution >= 4 is 17.4 Å². The Balaban J connectivity index is 0. The van der Waals surface area contributed by atoms with E-state index < -0.39 is 17.4 Å². The largest absolute Gasteiger partial charge is 0.679 e. The van der Waals surface area contributed by atoms with Gasteiger partial charge in [0.2, 0.25) is 0 Å². The summed E-state index contributed by atoms with van der Waals surface area (Å²) < 4.78 is 27.2. The van der Waals surface area contributed by atoms with Crippen molar-refractivity contribution in [1.82, 2.24) is 0 Å². The highest BCUT2D eigenvalue weighted by molar-refractivity contribution is 6.73. The highest BCUT2D eigenvalue weighted by Crippen LogP contribution is 2.19. The van der Waals surface area contributed by atoms with Crippen LogP contribution in [0.3, 0.4) is 0 Å². The molecule has 0 atom stereocenters. The summed E-state index contributed by atoms with van der Waals surface area (Å²) >= 11 is 0. The molecule has 136 valence electrons. The smallest absolute Gasteiger partial charge is 0.420 e. The molecular weight excluding hydrogens is 316 g/mol. The van der Waals surface area contributed by atoms with Crippen LogP contribution in [0.15, 0.2) is 0 Å². The highest BCUT2D eigenvalue weighted by Gasteiger charge is 2.44. The first-order valence-corrected chi connectivity index (χ1v) is 12.8. The van der Waals surface area contributed by atoms with Crippen LogP contribution in [0.4, 0.5) is 0 Å². The fourth-order valence-corrected chi connectivity index (χ4v) is 6.42. The van der Waals surface area contributed by atoms with Crippen LogP contribution in [0, 0.1) is 0 Å². The molecule has 0 aliphatic carbocycles. The molecule has 0 heterocycles. The molecule has 0 aliphatic rings. The summed E-state index contributed by atoms with van der Waals surface area (Å²) in [5, 5.41) is 0. The average molecular weight is 355 g/mol. The van der Waals surface area contributed by atoms with Gasteiger partial charge in [0.1, 0.15) is 0 Å². The third-order valence-corrected chi connectivity index (χ3v) is 11.0. The van der Waals surface area contributed by atoms with Crippen molar-refractivity contribution in [2.75, 3.05) is 33.5 Å². The van der Waals surface area contributed by atoms with E-state index in [1.807, 2.05) is 34.8 Å². The Morgan fingerprint density at radius 1 is 0.545 bits per heavy atom. The van der Waals surface area contributed by atoms with Crippen molar-refractivity contribution < 1.29 is 22.1 Å². The summed E-state index contributed by atoms with van der Waals surface area (Å²) in [6.07, 6.45) is 0. The van der Waals surface area contributed by atoms with Gasteiger partial charge in [-0.3, -0.25) is 0 Å². The molecule has 0 fully saturated rings. The first-order chi connectivity index (χ1) is 10.5. The molecule has 0 unspecified atom stereocenters. The van der Waals surface area contributed by atoms with Crippen LogP contribution in [-0.2, 0) is 22.1 Å². The minimum absolute atomic E-state index is 0.548. The zero-order valence-corrected chi connectivity index (χ0v) is 18.0. The van der Waals surface area contributed by atoms with E-state index in [-0.39, 0.29) is 0 Å². The minimum atomic E-state index is -2.80. The Morgan fingerprint density at radius 2 is 0.818 bits per heavy atom. The second kappa shape index (κ2) is 14.8. The van der Waals surface area contributed by atoms with Gasteiger partial charge in [-0.15, -0.1) is 0 Å². The molecule has 0 amide bonds. The lowest BCUT2D eigenvalue weighted by Crippen LogP contribution is -2.49. The van der Waals surface area contributed by atoms with E-state index in [1.54, 1.807) is 0 Å². The zero-order chi connectivity index (χ0) is 17.5. The molecule has 0 bridgehead atoms. The van der Waals surface area contributed by atoms with Crippen molar-refractivity contribution in [3.63, 3.8) is 0 Å². The van der Waals surface area contributed by atoms with Gasteiger partial charge >= 0.3 is 9.05 Å². The van der Waals surface area contributed by atoms with E-state index in [9.17, 15) is 0 Å². The molecule has 7 heteroatoms. The lowest BCUT2D eigenvalue weighted by atomic mass is 10.9. The van der Waals surface area contributed by atoms with Gasteiger partial charge in [-0.25, -0.2) is 0 Å². The minimum Gasteiger partial charge on any atom is -0.420 e. The summed E-state index contributed by atoms with van der Waals surface area (Å²) in [7, 11) is -2.12. The SMILES string of the molecule is CCO[Si](OCC)(OCC)OCC.CC[Si](CC)(CC)OC. The van der Waals surface area contributed by atoms with E-state index in [0.29, 0.717) is 26.4 Å². The van der Waals surface area contributed by atoms with Crippen LogP contribution in [0.1, 0.15) is 48.5 Å². The maximum absolute atomic E-state index is 5.52. The summed E-state index contributed by atoms with van der Waals surface area (Å²) in [5.74, 6) is 0. The van der Waals surface area contributed by atoms with Gasteiger partial charge in [0.05, 0.1) is 0 Å². The van der Waals surface area contributed by atoms with Gasteiger partial charge in [-0.2, -0.15) is 0 Å². The number of rotatable bonds is 12. The quantitative estimate of drug-likeness (QED) is 0.491. The van der Waals surface area contributed by atoms with Crippen molar-refractivity contribution in [3.8, 4) is 0 Å². The van der Waals surface area contributed by atoms with Crippen molar-refractivity contribution in [2.24, 2.45) is 0 Å². The Morgan fingerprint density at radius 3 is 0.909 bits per heavy atom. The number of hydrogen-bond donors (Lipinski definition) is 0. The third-order valence-electron chi connectivity index (χ3n) is 3.65. The van der Waals surface area contributed by atoms with Crippen LogP contribution in [-0.4, -0.2) is 50.9 Å². The molecule has 0 aliphatic heterocycles. The first kappa shape index (κ1) is 24.5. The van der Waals surface area contributed by atoms with Crippen LogP contribution in [0.5, 0.6) is 0 Å². The van der Waals surface area contributed by atoms with Gasteiger partial charge in [0.15, 0.2) is 8.32 Å². The Labute approximate surface area is 140 Å². The molecule has 0 aromatic heterocycles. The van der Waals surface area contributed by atoms with E-state index in [1.165, 1.54) is 18.1 Å². The highest BCUT2D eigenvalue weighted by atomic mass is 28.4. The Bertz CT molecular complexity index is 191. The van der Waals surface area contributed by atoms with Crippen molar-refractivity contribution in [1.29, 1.82) is 0 Å². The third kappa shape index (κ3) is 9.39. The topological polar surface area (TPSA) is 46.2 Å². The van der Waals surface area contributed by atoms with E-state index in [4.69, 9.17) is 22.1 Å². The maximum Gasteiger partial charge on any atom is 0.679 e. The average Bonchev–Trinajstić information content (AvgIpc) is 2.52.